The number of rotatable bonds is 3. The van der Waals surface area contributed by atoms with E-state index < -0.39 is 5.60 Å². The van der Waals surface area contributed by atoms with Crippen molar-refractivity contribution < 1.29 is 9.13 Å². The first kappa shape index (κ1) is 24.9. The Hall–Kier alpha value is -3.09. The zero-order chi connectivity index (χ0) is 26.9. The average Bonchev–Trinajstić information content (AvgIpc) is 3.19. The maximum absolute atomic E-state index is 14.9. The highest BCUT2D eigenvalue weighted by Crippen LogP contribution is 2.58. The fraction of sp³-hybridized carbons (Fsp3) is 0.143. The summed E-state index contributed by atoms with van der Waals surface area (Å²) in [5.41, 5.74) is 6.96. The van der Waals surface area contributed by atoms with E-state index >= 15 is 0 Å². The first-order chi connectivity index (χ1) is 18.8. The van der Waals surface area contributed by atoms with Crippen molar-refractivity contribution in [2.45, 2.75) is 29.8 Å². The fourth-order valence-electron chi connectivity index (χ4n) is 6.43. The third-order valence-electron chi connectivity index (χ3n) is 8.28. The summed E-state index contributed by atoms with van der Waals surface area (Å²) >= 11 is 4.11. The van der Waals surface area contributed by atoms with E-state index in [-0.39, 0.29) is 11.2 Å². The molecule has 0 saturated carbocycles. The summed E-state index contributed by atoms with van der Waals surface area (Å²) in [5, 5.41) is 1.82. The van der Waals surface area contributed by atoms with Gasteiger partial charge in [0.1, 0.15) is 11.6 Å². The molecule has 39 heavy (non-hydrogen) atoms. The summed E-state index contributed by atoms with van der Waals surface area (Å²) in [6, 6.07) is 30.7. The van der Waals surface area contributed by atoms with Crippen LogP contribution in [-0.4, -0.2) is 6.26 Å². The molecule has 1 atom stereocenters. The number of benzene rings is 5. The van der Waals surface area contributed by atoms with Gasteiger partial charge in [0, 0.05) is 36.0 Å². The topological polar surface area (TPSA) is 9.23 Å². The predicted molar refractivity (Wildman–Crippen MR) is 169 cm³/mol. The van der Waals surface area contributed by atoms with Crippen molar-refractivity contribution in [3.05, 3.63) is 134 Å². The lowest BCUT2D eigenvalue weighted by molar-refractivity contribution is 0.163. The lowest BCUT2D eigenvalue weighted by Crippen LogP contribution is -2.35. The average molecular weight is 641 g/mol. The smallest absolute Gasteiger partial charge is 0.178 e. The second kappa shape index (κ2) is 8.97. The molecule has 0 N–H and O–H groups in total. The van der Waals surface area contributed by atoms with Crippen molar-refractivity contribution >= 4 is 51.2 Å². The molecule has 4 heteroatoms. The van der Waals surface area contributed by atoms with E-state index in [9.17, 15) is 4.39 Å². The van der Waals surface area contributed by atoms with E-state index in [0.717, 1.165) is 33.2 Å². The van der Waals surface area contributed by atoms with Crippen LogP contribution in [0.15, 0.2) is 102 Å². The van der Waals surface area contributed by atoms with Gasteiger partial charge in [-0.05, 0) is 99.0 Å². The van der Waals surface area contributed by atoms with Gasteiger partial charge in [-0.2, -0.15) is 0 Å². The molecule has 0 bridgehead atoms. The molecule has 1 unspecified atom stereocenters. The van der Waals surface area contributed by atoms with Crippen LogP contribution in [0.4, 0.5) is 4.39 Å². The van der Waals surface area contributed by atoms with Gasteiger partial charge in [-0.3, -0.25) is 0 Å². The molecule has 1 heterocycles. The van der Waals surface area contributed by atoms with Gasteiger partial charge in [-0.15, -0.1) is 11.8 Å². The van der Waals surface area contributed by atoms with E-state index in [1.54, 1.807) is 23.9 Å². The van der Waals surface area contributed by atoms with Gasteiger partial charge in [-0.1, -0.05) is 74.5 Å². The molecule has 2 aliphatic rings. The molecule has 192 valence electrons. The number of hydrogen-bond acceptors (Lipinski definition) is 2. The van der Waals surface area contributed by atoms with E-state index in [1.807, 2.05) is 24.3 Å². The molecule has 0 aromatic heterocycles. The summed E-state index contributed by atoms with van der Waals surface area (Å²) in [7, 11) is 0. The monoisotopic (exact) mass is 640 g/mol. The Bertz CT molecular complexity index is 1810. The number of thioether (sulfide) groups is 1. The van der Waals surface area contributed by atoms with Crippen molar-refractivity contribution in [2.24, 2.45) is 0 Å². The van der Waals surface area contributed by atoms with Crippen LogP contribution in [0, 0.1) is 9.39 Å². The van der Waals surface area contributed by atoms with Gasteiger partial charge in [0.15, 0.2) is 5.60 Å². The third-order valence-corrected chi connectivity index (χ3v) is 9.69. The van der Waals surface area contributed by atoms with E-state index in [0.29, 0.717) is 0 Å². The zero-order valence-corrected chi connectivity index (χ0v) is 24.9. The summed E-state index contributed by atoms with van der Waals surface area (Å²) in [5.74, 6) is 0.469. The number of fused-ring (bicyclic) bond motifs is 8. The van der Waals surface area contributed by atoms with Crippen molar-refractivity contribution in [3.8, 4) is 16.9 Å². The van der Waals surface area contributed by atoms with Gasteiger partial charge < -0.3 is 4.74 Å². The second-order valence-corrected chi connectivity index (χ2v) is 12.9. The van der Waals surface area contributed by atoms with E-state index in [4.69, 9.17) is 4.74 Å². The van der Waals surface area contributed by atoms with Crippen molar-refractivity contribution in [2.75, 3.05) is 6.26 Å². The van der Waals surface area contributed by atoms with Crippen molar-refractivity contribution in [1.82, 2.24) is 0 Å². The standard InChI is InChI=1S/C35H26FIOS/c1-34(2)30-20-24(37)12-16-27(30)31-26-15-11-23(36)19-29(26)33-28(32(31)34)17-18-35(38-33,21-7-5-4-6-8-21)22-9-13-25(39-3)14-10-22/h4-20H,1-3H3. The largest absolute Gasteiger partial charge is 0.472 e. The molecule has 0 radical (unpaired) electrons. The predicted octanol–water partition coefficient (Wildman–Crippen LogP) is 9.96. The van der Waals surface area contributed by atoms with E-state index in [1.165, 1.54) is 30.7 Å². The Morgan fingerprint density at radius 3 is 2.31 bits per heavy atom. The molecule has 5 aromatic carbocycles. The summed E-state index contributed by atoms with van der Waals surface area (Å²) < 4.78 is 23.3. The highest BCUT2D eigenvalue weighted by atomic mass is 127. The Labute approximate surface area is 246 Å². The Morgan fingerprint density at radius 2 is 1.56 bits per heavy atom. The molecule has 5 aromatic rings. The summed E-state index contributed by atoms with van der Waals surface area (Å²) in [6.45, 7) is 4.58. The molecular formula is C35H26FIOS. The van der Waals surface area contributed by atoms with Crippen LogP contribution in [0.1, 0.15) is 41.7 Å². The lowest BCUT2D eigenvalue weighted by Gasteiger charge is -2.38. The highest BCUT2D eigenvalue weighted by molar-refractivity contribution is 14.1. The van der Waals surface area contributed by atoms with Gasteiger partial charge in [0.05, 0.1) is 0 Å². The van der Waals surface area contributed by atoms with Gasteiger partial charge in [-0.25, -0.2) is 4.39 Å². The molecular weight excluding hydrogens is 614 g/mol. The molecule has 0 amide bonds. The Balaban J connectivity index is 1.56. The highest BCUT2D eigenvalue weighted by Gasteiger charge is 2.44. The maximum Gasteiger partial charge on any atom is 0.178 e. The van der Waals surface area contributed by atoms with Crippen LogP contribution < -0.4 is 4.74 Å². The molecule has 0 fully saturated rings. The van der Waals surface area contributed by atoms with Crippen LogP contribution in [-0.2, 0) is 11.0 Å². The summed E-state index contributed by atoms with van der Waals surface area (Å²) in [4.78, 5) is 1.20. The molecule has 0 saturated heterocycles. The van der Waals surface area contributed by atoms with Crippen LogP contribution >= 0.6 is 34.4 Å². The Morgan fingerprint density at radius 1 is 0.821 bits per heavy atom. The molecule has 1 aliphatic heterocycles. The van der Waals surface area contributed by atoms with Gasteiger partial charge >= 0.3 is 0 Å². The number of ether oxygens (including phenoxy) is 1. The third kappa shape index (κ3) is 3.64. The lowest BCUT2D eigenvalue weighted by atomic mass is 9.77. The molecule has 7 rings (SSSR count). The SMILES string of the molecule is CSc1ccc(C2(c3ccccc3)C=Cc3c4c(c5ccc(F)cc5c3O2)-c2ccc(I)cc2C4(C)C)cc1. The number of halogens is 2. The zero-order valence-electron chi connectivity index (χ0n) is 21.9. The van der Waals surface area contributed by atoms with Crippen LogP contribution in [0.25, 0.3) is 28.0 Å². The summed E-state index contributed by atoms with van der Waals surface area (Å²) in [6.07, 6.45) is 6.49. The van der Waals surface area contributed by atoms with Crippen molar-refractivity contribution in [1.29, 1.82) is 0 Å². The molecule has 1 aliphatic carbocycles. The normalized spacial score (nSPS) is 18.4. The Kier molecular flexibility index (Phi) is 5.73. The quantitative estimate of drug-likeness (QED) is 0.143. The number of hydrogen-bond donors (Lipinski definition) is 0. The van der Waals surface area contributed by atoms with Gasteiger partial charge in [0.25, 0.3) is 0 Å². The maximum atomic E-state index is 14.9. The molecule has 1 nitrogen and oxygen atoms in total. The minimum Gasteiger partial charge on any atom is -0.472 e. The molecule has 0 spiro atoms. The minimum atomic E-state index is -0.844. The second-order valence-electron chi connectivity index (χ2n) is 10.8. The first-order valence-electron chi connectivity index (χ1n) is 13.0. The van der Waals surface area contributed by atoms with Crippen LogP contribution in [0.5, 0.6) is 5.75 Å². The fourth-order valence-corrected chi connectivity index (χ4v) is 7.33. The van der Waals surface area contributed by atoms with Crippen LogP contribution in [0.3, 0.4) is 0 Å². The van der Waals surface area contributed by atoms with E-state index in [2.05, 4.69) is 109 Å². The van der Waals surface area contributed by atoms with Crippen molar-refractivity contribution in [3.63, 3.8) is 0 Å². The van der Waals surface area contributed by atoms with Crippen LogP contribution in [0.2, 0.25) is 0 Å². The van der Waals surface area contributed by atoms with Gasteiger partial charge in [0.2, 0.25) is 0 Å². The first-order valence-corrected chi connectivity index (χ1v) is 15.3. The minimum absolute atomic E-state index is 0.237.